The largest absolute Gasteiger partial charge is 0.496 e. The van der Waals surface area contributed by atoms with E-state index in [-0.39, 0.29) is 31.0 Å². The average molecular weight is 438 g/mol. The van der Waals surface area contributed by atoms with Gasteiger partial charge in [-0.25, -0.2) is 4.39 Å². The summed E-state index contributed by atoms with van der Waals surface area (Å²) in [7, 11) is 1.59. The van der Waals surface area contributed by atoms with Crippen LogP contribution in [0.4, 0.5) is 4.39 Å². The van der Waals surface area contributed by atoms with E-state index in [9.17, 15) is 14.0 Å². The number of carbonyl (C=O) groups is 2. The van der Waals surface area contributed by atoms with Crippen molar-refractivity contribution in [2.75, 3.05) is 13.7 Å². The molecule has 1 aromatic heterocycles. The van der Waals surface area contributed by atoms with Gasteiger partial charge < -0.3 is 15.4 Å². The molecular formula is C19H21BrFN3O3. The number of hydrogen-bond donors (Lipinski definition) is 2. The number of halogens is 2. The second-order valence-corrected chi connectivity index (χ2v) is 6.81. The van der Waals surface area contributed by atoms with E-state index in [2.05, 4.69) is 31.5 Å². The van der Waals surface area contributed by atoms with E-state index >= 15 is 0 Å². The van der Waals surface area contributed by atoms with E-state index < -0.39 is 11.7 Å². The fraction of sp³-hybridized carbons (Fsp3) is 0.316. The molecule has 1 heterocycles. The van der Waals surface area contributed by atoms with Gasteiger partial charge in [0.05, 0.1) is 24.9 Å². The molecule has 27 heavy (non-hydrogen) atoms. The van der Waals surface area contributed by atoms with Crippen molar-refractivity contribution >= 4 is 27.7 Å². The van der Waals surface area contributed by atoms with Gasteiger partial charge in [0.1, 0.15) is 11.6 Å². The molecule has 0 spiro atoms. The van der Waals surface area contributed by atoms with Crippen molar-refractivity contribution in [2.24, 2.45) is 0 Å². The fourth-order valence-corrected chi connectivity index (χ4v) is 3.00. The van der Waals surface area contributed by atoms with Crippen molar-refractivity contribution in [1.82, 2.24) is 15.6 Å². The summed E-state index contributed by atoms with van der Waals surface area (Å²) in [5.41, 5.74) is 2.71. The van der Waals surface area contributed by atoms with Crippen LogP contribution in [0.3, 0.4) is 0 Å². The summed E-state index contributed by atoms with van der Waals surface area (Å²) in [6.07, 6.45) is 1.80. The Morgan fingerprint density at radius 1 is 1.26 bits per heavy atom. The quantitative estimate of drug-likeness (QED) is 0.697. The van der Waals surface area contributed by atoms with E-state index in [4.69, 9.17) is 4.74 Å². The molecule has 2 aromatic rings. The molecule has 0 unspecified atom stereocenters. The highest BCUT2D eigenvalue weighted by Gasteiger charge is 2.13. The fourth-order valence-electron chi connectivity index (χ4n) is 2.58. The lowest BCUT2D eigenvalue weighted by Gasteiger charge is -2.13. The lowest BCUT2D eigenvalue weighted by molar-refractivity contribution is -0.121. The number of carbonyl (C=O) groups excluding carboxylic acids is 2. The monoisotopic (exact) mass is 437 g/mol. The molecule has 1 aromatic carbocycles. The molecule has 0 aliphatic heterocycles. The van der Waals surface area contributed by atoms with Crippen LogP contribution in [0.15, 0.2) is 28.9 Å². The molecule has 2 N–H and O–H groups in total. The van der Waals surface area contributed by atoms with Crippen molar-refractivity contribution in [1.29, 1.82) is 0 Å². The second kappa shape index (κ2) is 9.45. The van der Waals surface area contributed by atoms with Gasteiger partial charge in [0, 0.05) is 34.8 Å². The number of nitrogens with one attached hydrogen (secondary N) is 2. The highest BCUT2D eigenvalue weighted by atomic mass is 79.9. The zero-order valence-corrected chi connectivity index (χ0v) is 16.9. The Bertz CT molecular complexity index is 858. The Hall–Kier alpha value is -2.48. The van der Waals surface area contributed by atoms with Crippen LogP contribution in [-0.2, 0) is 11.3 Å². The third-order valence-corrected chi connectivity index (χ3v) is 4.70. The van der Waals surface area contributed by atoms with Crippen LogP contribution in [0.1, 0.15) is 33.6 Å². The number of nitrogens with zero attached hydrogens (tertiary/aromatic N) is 1. The van der Waals surface area contributed by atoms with E-state index in [1.165, 1.54) is 12.1 Å². The predicted octanol–water partition coefficient (Wildman–Crippen LogP) is 3.04. The Labute approximate surface area is 165 Å². The maximum Gasteiger partial charge on any atom is 0.252 e. The maximum atomic E-state index is 13.3. The lowest BCUT2D eigenvalue weighted by Crippen LogP contribution is -2.31. The van der Waals surface area contributed by atoms with Crippen molar-refractivity contribution < 1.29 is 18.7 Å². The van der Waals surface area contributed by atoms with Crippen molar-refractivity contribution in [3.05, 3.63) is 57.1 Å². The number of aryl methyl sites for hydroxylation is 1. The molecule has 2 amide bonds. The van der Waals surface area contributed by atoms with Gasteiger partial charge in [-0.2, -0.15) is 0 Å². The molecule has 0 bridgehead atoms. The first-order valence-electron chi connectivity index (χ1n) is 8.32. The molecule has 0 saturated heterocycles. The number of methoxy groups -OCH3 is 1. The minimum Gasteiger partial charge on any atom is -0.496 e. The van der Waals surface area contributed by atoms with Gasteiger partial charge in [-0.15, -0.1) is 0 Å². The number of amides is 2. The zero-order chi connectivity index (χ0) is 20.0. The Morgan fingerprint density at radius 3 is 2.70 bits per heavy atom. The van der Waals surface area contributed by atoms with Gasteiger partial charge in [-0.3, -0.25) is 14.6 Å². The third kappa shape index (κ3) is 5.50. The molecule has 0 atom stereocenters. The summed E-state index contributed by atoms with van der Waals surface area (Å²) >= 11 is 3.20. The van der Waals surface area contributed by atoms with Crippen LogP contribution in [0, 0.1) is 19.7 Å². The van der Waals surface area contributed by atoms with Gasteiger partial charge in [0.2, 0.25) is 5.91 Å². The summed E-state index contributed by atoms with van der Waals surface area (Å²) in [4.78, 5) is 28.4. The highest BCUT2D eigenvalue weighted by Crippen LogP contribution is 2.23. The molecule has 0 saturated carbocycles. The van der Waals surface area contributed by atoms with Gasteiger partial charge in [-0.1, -0.05) is 0 Å². The summed E-state index contributed by atoms with van der Waals surface area (Å²) in [6.45, 7) is 4.19. The Balaban J connectivity index is 1.83. The molecular weight excluding hydrogens is 417 g/mol. The predicted molar refractivity (Wildman–Crippen MR) is 103 cm³/mol. The van der Waals surface area contributed by atoms with E-state index in [0.717, 1.165) is 28.6 Å². The number of rotatable bonds is 7. The van der Waals surface area contributed by atoms with E-state index in [1.807, 2.05) is 13.8 Å². The second-order valence-electron chi connectivity index (χ2n) is 5.95. The van der Waals surface area contributed by atoms with Crippen molar-refractivity contribution in [2.45, 2.75) is 26.8 Å². The molecule has 2 rings (SSSR count). The molecule has 6 nitrogen and oxygen atoms in total. The van der Waals surface area contributed by atoms with Crippen LogP contribution >= 0.6 is 15.9 Å². The van der Waals surface area contributed by atoms with Crippen LogP contribution < -0.4 is 15.4 Å². The average Bonchev–Trinajstić information content (AvgIpc) is 2.63. The normalized spacial score (nSPS) is 10.4. The molecule has 0 aliphatic rings. The lowest BCUT2D eigenvalue weighted by atomic mass is 10.1. The summed E-state index contributed by atoms with van der Waals surface area (Å²) in [5, 5.41) is 5.37. The smallest absolute Gasteiger partial charge is 0.252 e. The minimum atomic E-state index is -0.502. The third-order valence-electron chi connectivity index (χ3n) is 4.01. The molecule has 8 heteroatoms. The maximum absolute atomic E-state index is 13.3. The highest BCUT2D eigenvalue weighted by molar-refractivity contribution is 9.10. The standard InChI is InChI=1S/C19H21BrFN3O3/c1-11-9-23-16(12(2)18(11)27-3)10-24-17(25)6-7-22-19(26)14-8-13(21)4-5-15(14)20/h4-5,8-9H,6-7,10H2,1-3H3,(H,22,26)(H,24,25). The van der Waals surface area contributed by atoms with Crippen LogP contribution in [0.5, 0.6) is 5.75 Å². The van der Waals surface area contributed by atoms with Gasteiger partial charge in [0.15, 0.2) is 0 Å². The number of hydrogen-bond acceptors (Lipinski definition) is 4. The first-order valence-corrected chi connectivity index (χ1v) is 9.11. The Morgan fingerprint density at radius 2 is 2.00 bits per heavy atom. The zero-order valence-electron chi connectivity index (χ0n) is 15.4. The van der Waals surface area contributed by atoms with Gasteiger partial charge in [-0.05, 0) is 48.0 Å². The van der Waals surface area contributed by atoms with Crippen molar-refractivity contribution in [3.8, 4) is 5.75 Å². The van der Waals surface area contributed by atoms with E-state index in [0.29, 0.717) is 4.47 Å². The summed E-state index contributed by atoms with van der Waals surface area (Å²) in [6, 6.07) is 3.85. The van der Waals surface area contributed by atoms with Gasteiger partial charge >= 0.3 is 0 Å². The molecule has 0 aliphatic carbocycles. The first kappa shape index (κ1) is 20.8. The number of pyridine rings is 1. The summed E-state index contributed by atoms with van der Waals surface area (Å²) in [5.74, 6) is -0.427. The topological polar surface area (TPSA) is 80.3 Å². The van der Waals surface area contributed by atoms with Gasteiger partial charge in [0.25, 0.3) is 5.91 Å². The SMILES string of the molecule is COc1c(C)cnc(CNC(=O)CCNC(=O)c2cc(F)ccc2Br)c1C. The van der Waals surface area contributed by atoms with E-state index in [1.54, 1.807) is 13.3 Å². The van der Waals surface area contributed by atoms with Crippen LogP contribution in [0.25, 0.3) is 0 Å². The van der Waals surface area contributed by atoms with Crippen LogP contribution in [0.2, 0.25) is 0 Å². The first-order chi connectivity index (χ1) is 12.8. The minimum absolute atomic E-state index is 0.0979. The van der Waals surface area contributed by atoms with Crippen molar-refractivity contribution in [3.63, 3.8) is 0 Å². The summed E-state index contributed by atoms with van der Waals surface area (Å²) < 4.78 is 19.1. The number of aromatic nitrogens is 1. The number of ether oxygens (including phenoxy) is 1. The number of benzene rings is 1. The molecule has 144 valence electrons. The molecule has 0 fully saturated rings. The van der Waals surface area contributed by atoms with Crippen LogP contribution in [-0.4, -0.2) is 30.5 Å². The molecule has 0 radical (unpaired) electrons. The Kier molecular flexibility index (Phi) is 7.29.